The van der Waals surface area contributed by atoms with Crippen LogP contribution in [0, 0.1) is 11.6 Å². The zero-order valence-corrected chi connectivity index (χ0v) is 10.4. The van der Waals surface area contributed by atoms with Crippen LogP contribution >= 0.6 is 11.9 Å². The zero-order chi connectivity index (χ0) is 13.8. The molecule has 2 rings (SSSR count). The first kappa shape index (κ1) is 13.4. The number of benzene rings is 2. The van der Waals surface area contributed by atoms with Crippen LogP contribution in [-0.4, -0.2) is 11.1 Å². The lowest BCUT2D eigenvalue weighted by Gasteiger charge is -2.06. The van der Waals surface area contributed by atoms with Gasteiger partial charge in [0, 0.05) is 16.6 Å². The number of aromatic carboxylic acids is 1. The van der Waals surface area contributed by atoms with Crippen LogP contribution in [0.15, 0.2) is 47.4 Å². The quantitative estimate of drug-likeness (QED) is 0.837. The first-order valence-electron chi connectivity index (χ1n) is 5.27. The number of carboxylic acid groups (broad SMARTS) is 1. The normalized spacial score (nSPS) is 10.2. The molecule has 0 atom stereocenters. The van der Waals surface area contributed by atoms with E-state index in [4.69, 9.17) is 5.11 Å². The molecule has 6 heteroatoms. The highest BCUT2D eigenvalue weighted by atomic mass is 32.2. The predicted molar refractivity (Wildman–Crippen MR) is 69.2 cm³/mol. The van der Waals surface area contributed by atoms with Crippen LogP contribution in [-0.2, 0) is 0 Å². The summed E-state index contributed by atoms with van der Waals surface area (Å²) in [7, 11) is 0. The Kier molecular flexibility index (Phi) is 4.01. The van der Waals surface area contributed by atoms with E-state index in [1.165, 1.54) is 24.3 Å². The van der Waals surface area contributed by atoms with Crippen molar-refractivity contribution in [2.45, 2.75) is 4.90 Å². The Morgan fingerprint density at radius 3 is 2.42 bits per heavy atom. The van der Waals surface area contributed by atoms with E-state index in [0.717, 1.165) is 18.0 Å². The molecule has 0 radical (unpaired) electrons. The average Bonchev–Trinajstić information content (AvgIpc) is 2.35. The van der Waals surface area contributed by atoms with E-state index in [-0.39, 0.29) is 5.56 Å². The molecule has 0 fully saturated rings. The van der Waals surface area contributed by atoms with Crippen LogP contribution in [0.5, 0.6) is 0 Å². The SMILES string of the molecule is O=C(O)c1cccc(NSc2cc(F)cc(F)c2)c1. The topological polar surface area (TPSA) is 49.3 Å². The molecule has 0 amide bonds. The standard InChI is InChI=1S/C13H9F2NO2S/c14-9-5-10(15)7-12(6-9)19-16-11-3-1-2-8(4-11)13(17)18/h1-7,16H,(H,17,18). The lowest BCUT2D eigenvalue weighted by atomic mass is 10.2. The van der Waals surface area contributed by atoms with Gasteiger partial charge < -0.3 is 9.83 Å². The van der Waals surface area contributed by atoms with Crippen molar-refractivity contribution in [2.24, 2.45) is 0 Å². The van der Waals surface area contributed by atoms with Gasteiger partial charge in [-0.1, -0.05) is 6.07 Å². The van der Waals surface area contributed by atoms with Crippen molar-refractivity contribution in [3.63, 3.8) is 0 Å². The number of hydrogen-bond acceptors (Lipinski definition) is 3. The molecule has 0 saturated heterocycles. The maximum Gasteiger partial charge on any atom is 0.335 e. The van der Waals surface area contributed by atoms with Gasteiger partial charge in [-0.25, -0.2) is 13.6 Å². The Morgan fingerprint density at radius 2 is 1.79 bits per heavy atom. The number of hydrogen-bond donors (Lipinski definition) is 2. The zero-order valence-electron chi connectivity index (χ0n) is 9.56. The van der Waals surface area contributed by atoms with E-state index >= 15 is 0 Å². The van der Waals surface area contributed by atoms with Crippen LogP contribution in [0.2, 0.25) is 0 Å². The Morgan fingerprint density at radius 1 is 1.11 bits per heavy atom. The van der Waals surface area contributed by atoms with Gasteiger partial charge in [-0.2, -0.15) is 0 Å². The smallest absolute Gasteiger partial charge is 0.335 e. The van der Waals surface area contributed by atoms with Gasteiger partial charge in [-0.05, 0) is 42.3 Å². The van der Waals surface area contributed by atoms with Crippen LogP contribution < -0.4 is 4.72 Å². The first-order chi connectivity index (χ1) is 9.04. The van der Waals surface area contributed by atoms with Crippen LogP contribution in [0.1, 0.15) is 10.4 Å². The molecule has 19 heavy (non-hydrogen) atoms. The molecule has 0 bridgehead atoms. The van der Waals surface area contributed by atoms with Gasteiger partial charge in [-0.15, -0.1) is 0 Å². The van der Waals surface area contributed by atoms with Crippen molar-refractivity contribution in [1.82, 2.24) is 0 Å². The van der Waals surface area contributed by atoms with Crippen molar-refractivity contribution < 1.29 is 18.7 Å². The Hall–Kier alpha value is -2.08. The van der Waals surface area contributed by atoms with Gasteiger partial charge in [0.05, 0.1) is 5.56 Å². The lowest BCUT2D eigenvalue weighted by molar-refractivity contribution is 0.0697. The number of anilines is 1. The first-order valence-corrected chi connectivity index (χ1v) is 6.08. The van der Waals surface area contributed by atoms with Gasteiger partial charge in [-0.3, -0.25) is 0 Å². The van der Waals surface area contributed by atoms with Gasteiger partial charge >= 0.3 is 5.97 Å². The van der Waals surface area contributed by atoms with E-state index in [1.54, 1.807) is 12.1 Å². The second-order valence-corrected chi connectivity index (χ2v) is 4.57. The fourth-order valence-electron chi connectivity index (χ4n) is 1.42. The van der Waals surface area contributed by atoms with Gasteiger partial charge in [0.1, 0.15) is 11.6 Å². The van der Waals surface area contributed by atoms with Crippen molar-refractivity contribution >= 4 is 23.6 Å². The van der Waals surface area contributed by atoms with Gasteiger partial charge in [0.25, 0.3) is 0 Å². The van der Waals surface area contributed by atoms with E-state index in [0.29, 0.717) is 10.6 Å². The van der Waals surface area contributed by atoms with Gasteiger partial charge in [0.15, 0.2) is 0 Å². The van der Waals surface area contributed by atoms with Gasteiger partial charge in [0.2, 0.25) is 0 Å². The summed E-state index contributed by atoms with van der Waals surface area (Å²) in [5, 5.41) is 8.83. The predicted octanol–water partition coefficient (Wildman–Crippen LogP) is 3.78. The summed E-state index contributed by atoms with van der Waals surface area (Å²) >= 11 is 0.999. The molecule has 0 spiro atoms. The van der Waals surface area contributed by atoms with Crippen molar-refractivity contribution in [3.8, 4) is 0 Å². The number of nitrogens with one attached hydrogen (secondary N) is 1. The molecule has 2 aromatic carbocycles. The molecule has 0 aromatic heterocycles. The minimum Gasteiger partial charge on any atom is -0.478 e. The van der Waals surface area contributed by atoms with Crippen LogP contribution in [0.4, 0.5) is 14.5 Å². The van der Waals surface area contributed by atoms with Crippen LogP contribution in [0.25, 0.3) is 0 Å². The van der Waals surface area contributed by atoms with E-state index in [2.05, 4.69) is 4.72 Å². The number of carboxylic acids is 1. The highest BCUT2D eigenvalue weighted by Gasteiger charge is 2.04. The third kappa shape index (κ3) is 3.69. The molecule has 0 saturated carbocycles. The second kappa shape index (κ2) is 5.71. The van der Waals surface area contributed by atoms with E-state index < -0.39 is 17.6 Å². The molecular formula is C13H9F2NO2S. The maximum absolute atomic E-state index is 13.0. The molecule has 0 aliphatic heterocycles. The summed E-state index contributed by atoms with van der Waals surface area (Å²) in [6.07, 6.45) is 0. The highest BCUT2D eigenvalue weighted by molar-refractivity contribution is 8.00. The third-order valence-electron chi connectivity index (χ3n) is 2.23. The number of rotatable bonds is 4. The van der Waals surface area contributed by atoms with Crippen molar-refractivity contribution in [2.75, 3.05) is 4.72 Å². The van der Waals surface area contributed by atoms with Crippen molar-refractivity contribution in [1.29, 1.82) is 0 Å². The largest absolute Gasteiger partial charge is 0.478 e. The molecule has 98 valence electrons. The fourth-order valence-corrected chi connectivity index (χ4v) is 2.13. The van der Waals surface area contributed by atoms with Crippen LogP contribution in [0.3, 0.4) is 0 Å². The molecule has 0 heterocycles. The number of carbonyl (C=O) groups is 1. The molecular weight excluding hydrogens is 272 g/mol. The fraction of sp³-hybridized carbons (Fsp3) is 0. The summed E-state index contributed by atoms with van der Waals surface area (Å²) in [5.74, 6) is -2.36. The van der Waals surface area contributed by atoms with E-state index in [1.807, 2.05) is 0 Å². The summed E-state index contributed by atoms with van der Waals surface area (Å²) in [6, 6.07) is 9.29. The molecule has 0 unspecified atom stereocenters. The molecule has 2 N–H and O–H groups in total. The molecule has 0 aliphatic carbocycles. The third-order valence-corrected chi connectivity index (χ3v) is 3.04. The van der Waals surface area contributed by atoms with E-state index in [9.17, 15) is 13.6 Å². The minimum atomic E-state index is -1.04. The Balaban J connectivity index is 2.10. The summed E-state index contributed by atoms with van der Waals surface area (Å²) in [4.78, 5) is 11.1. The Bertz CT molecular complexity index is 599. The highest BCUT2D eigenvalue weighted by Crippen LogP contribution is 2.23. The maximum atomic E-state index is 13.0. The average molecular weight is 281 g/mol. The molecule has 3 nitrogen and oxygen atoms in total. The van der Waals surface area contributed by atoms with Crippen molar-refractivity contribution in [3.05, 3.63) is 59.7 Å². The summed E-state index contributed by atoms with van der Waals surface area (Å²) in [6.45, 7) is 0. The Labute approximate surface area is 112 Å². The second-order valence-electron chi connectivity index (χ2n) is 3.70. The monoisotopic (exact) mass is 281 g/mol. The minimum absolute atomic E-state index is 0.135. The molecule has 2 aromatic rings. The summed E-state index contributed by atoms with van der Waals surface area (Å²) < 4.78 is 28.8. The summed E-state index contributed by atoms with van der Waals surface area (Å²) in [5.41, 5.74) is 0.672. The molecule has 0 aliphatic rings. The number of halogens is 2. The lowest BCUT2D eigenvalue weighted by Crippen LogP contribution is -1.97.